The second-order valence-corrected chi connectivity index (χ2v) is 6.00. The molecular weight excluding hydrogens is 490 g/mol. The van der Waals surface area contributed by atoms with Crippen molar-refractivity contribution in [3.8, 4) is 11.6 Å². The largest absolute Gasteiger partial charge is 0.489 e. The van der Waals surface area contributed by atoms with E-state index in [1.807, 2.05) is 19.1 Å². The standard InChI is InChI=1S/C20H27FN4O3.HI/c1-15(28-18-8-4-7-17(21)12-18)13-24-20(22-2)25-14-16-6-5-9-23-19(16)27-11-10-26-3;/h4-9,12,15H,10-11,13-14H2,1-3H3,(H2,22,24,25);1H. The molecule has 160 valence electrons. The molecular formula is C20H28FIN4O3. The monoisotopic (exact) mass is 518 g/mol. The first-order valence-corrected chi connectivity index (χ1v) is 9.04. The minimum atomic E-state index is -0.324. The van der Waals surface area contributed by atoms with Crippen LogP contribution in [0.2, 0.25) is 0 Å². The van der Waals surface area contributed by atoms with E-state index in [0.717, 1.165) is 5.56 Å². The van der Waals surface area contributed by atoms with Crippen LogP contribution >= 0.6 is 24.0 Å². The Morgan fingerprint density at radius 2 is 2.03 bits per heavy atom. The first-order chi connectivity index (χ1) is 13.6. The van der Waals surface area contributed by atoms with Crippen molar-refractivity contribution in [3.63, 3.8) is 0 Å². The van der Waals surface area contributed by atoms with Crippen molar-refractivity contribution in [1.29, 1.82) is 0 Å². The van der Waals surface area contributed by atoms with E-state index in [4.69, 9.17) is 14.2 Å². The number of ether oxygens (including phenoxy) is 3. The summed E-state index contributed by atoms with van der Waals surface area (Å²) >= 11 is 0. The van der Waals surface area contributed by atoms with E-state index in [1.165, 1.54) is 12.1 Å². The molecule has 0 spiro atoms. The maximum absolute atomic E-state index is 13.2. The van der Waals surface area contributed by atoms with Crippen molar-refractivity contribution in [1.82, 2.24) is 15.6 Å². The summed E-state index contributed by atoms with van der Waals surface area (Å²) in [4.78, 5) is 8.45. The van der Waals surface area contributed by atoms with Gasteiger partial charge in [-0.1, -0.05) is 12.1 Å². The lowest BCUT2D eigenvalue weighted by molar-refractivity contribution is 0.143. The van der Waals surface area contributed by atoms with Gasteiger partial charge in [-0.05, 0) is 25.1 Å². The molecule has 0 aliphatic carbocycles. The zero-order valence-corrected chi connectivity index (χ0v) is 19.2. The van der Waals surface area contributed by atoms with Crippen molar-refractivity contribution < 1.29 is 18.6 Å². The smallest absolute Gasteiger partial charge is 0.218 e. The summed E-state index contributed by atoms with van der Waals surface area (Å²) < 4.78 is 29.6. The second kappa shape index (κ2) is 13.9. The van der Waals surface area contributed by atoms with Crippen molar-refractivity contribution in [2.45, 2.75) is 19.6 Å². The van der Waals surface area contributed by atoms with Crippen molar-refractivity contribution >= 4 is 29.9 Å². The number of aromatic nitrogens is 1. The fraction of sp³-hybridized carbons (Fsp3) is 0.400. The normalized spacial score (nSPS) is 11.9. The second-order valence-electron chi connectivity index (χ2n) is 6.00. The van der Waals surface area contributed by atoms with Crippen LogP contribution in [-0.4, -0.2) is 51.0 Å². The van der Waals surface area contributed by atoms with Crippen LogP contribution in [0.4, 0.5) is 4.39 Å². The molecule has 2 rings (SSSR count). The van der Waals surface area contributed by atoms with Gasteiger partial charge in [0.1, 0.15) is 24.3 Å². The van der Waals surface area contributed by atoms with Gasteiger partial charge in [-0.3, -0.25) is 4.99 Å². The van der Waals surface area contributed by atoms with Gasteiger partial charge < -0.3 is 24.8 Å². The highest BCUT2D eigenvalue weighted by atomic mass is 127. The zero-order valence-electron chi connectivity index (χ0n) is 16.9. The third-order valence-corrected chi connectivity index (χ3v) is 3.74. The molecule has 1 aromatic carbocycles. The number of aliphatic imine (C=N–C) groups is 1. The average Bonchev–Trinajstić information content (AvgIpc) is 2.69. The van der Waals surface area contributed by atoms with E-state index in [-0.39, 0.29) is 35.9 Å². The van der Waals surface area contributed by atoms with E-state index in [9.17, 15) is 4.39 Å². The van der Waals surface area contributed by atoms with Gasteiger partial charge in [0.25, 0.3) is 0 Å². The zero-order chi connectivity index (χ0) is 20.2. The van der Waals surface area contributed by atoms with E-state index in [2.05, 4.69) is 20.6 Å². The van der Waals surface area contributed by atoms with Gasteiger partial charge in [-0.15, -0.1) is 24.0 Å². The minimum Gasteiger partial charge on any atom is -0.489 e. The first-order valence-electron chi connectivity index (χ1n) is 9.04. The Morgan fingerprint density at radius 1 is 1.21 bits per heavy atom. The molecule has 0 amide bonds. The number of hydrogen-bond donors (Lipinski definition) is 2. The van der Waals surface area contributed by atoms with Crippen LogP contribution in [0, 0.1) is 5.82 Å². The fourth-order valence-electron chi connectivity index (χ4n) is 2.36. The highest BCUT2D eigenvalue weighted by Crippen LogP contribution is 2.14. The van der Waals surface area contributed by atoms with Crippen LogP contribution in [0.25, 0.3) is 0 Å². The van der Waals surface area contributed by atoms with Gasteiger partial charge in [-0.25, -0.2) is 9.37 Å². The Bertz CT molecular complexity index is 764. The van der Waals surface area contributed by atoms with E-state index >= 15 is 0 Å². The molecule has 1 heterocycles. The Balaban J connectivity index is 0.00000420. The number of pyridine rings is 1. The fourth-order valence-corrected chi connectivity index (χ4v) is 2.36. The predicted molar refractivity (Wildman–Crippen MR) is 122 cm³/mol. The molecule has 0 aliphatic heterocycles. The maximum atomic E-state index is 13.2. The molecule has 0 radical (unpaired) electrons. The summed E-state index contributed by atoms with van der Waals surface area (Å²) in [6.07, 6.45) is 1.51. The van der Waals surface area contributed by atoms with Gasteiger partial charge in [-0.2, -0.15) is 0 Å². The molecule has 2 N–H and O–H groups in total. The molecule has 0 fully saturated rings. The number of hydrogen-bond acceptors (Lipinski definition) is 5. The van der Waals surface area contributed by atoms with Crippen molar-refractivity contribution in [2.24, 2.45) is 4.99 Å². The lowest BCUT2D eigenvalue weighted by atomic mass is 10.2. The van der Waals surface area contributed by atoms with Crippen LogP contribution in [0.3, 0.4) is 0 Å². The van der Waals surface area contributed by atoms with Gasteiger partial charge >= 0.3 is 0 Å². The Labute approximate surface area is 188 Å². The van der Waals surface area contributed by atoms with Gasteiger partial charge in [0.2, 0.25) is 5.88 Å². The Hall–Kier alpha value is -2.14. The summed E-state index contributed by atoms with van der Waals surface area (Å²) in [7, 11) is 3.31. The highest BCUT2D eigenvalue weighted by molar-refractivity contribution is 14.0. The molecule has 7 nitrogen and oxygen atoms in total. The minimum absolute atomic E-state index is 0. The average molecular weight is 518 g/mol. The SMILES string of the molecule is CN=C(NCc1cccnc1OCCOC)NCC(C)Oc1cccc(F)c1.I. The molecule has 1 atom stereocenters. The van der Waals surface area contributed by atoms with Crippen molar-refractivity contribution in [2.75, 3.05) is 33.9 Å². The van der Waals surface area contributed by atoms with Crippen LogP contribution in [0.15, 0.2) is 47.6 Å². The molecule has 2 aromatic rings. The Kier molecular flexibility index (Phi) is 12.0. The molecule has 9 heteroatoms. The quantitative estimate of drug-likeness (QED) is 0.218. The summed E-state index contributed by atoms with van der Waals surface area (Å²) in [6, 6.07) is 9.87. The third-order valence-electron chi connectivity index (χ3n) is 3.74. The van der Waals surface area contributed by atoms with Gasteiger partial charge in [0.15, 0.2) is 5.96 Å². The molecule has 0 aliphatic rings. The molecule has 1 unspecified atom stereocenters. The highest BCUT2D eigenvalue weighted by Gasteiger charge is 2.09. The lowest BCUT2D eigenvalue weighted by Gasteiger charge is -2.18. The summed E-state index contributed by atoms with van der Waals surface area (Å²) in [5, 5.41) is 6.40. The number of nitrogens with one attached hydrogen (secondary N) is 2. The van der Waals surface area contributed by atoms with Crippen LogP contribution in [-0.2, 0) is 11.3 Å². The topological polar surface area (TPSA) is 77.0 Å². The molecule has 0 saturated carbocycles. The summed E-state index contributed by atoms with van der Waals surface area (Å²) in [6.45, 7) is 3.82. The number of rotatable bonds is 10. The Morgan fingerprint density at radius 3 is 2.76 bits per heavy atom. The summed E-state index contributed by atoms with van der Waals surface area (Å²) in [5.41, 5.74) is 0.908. The van der Waals surface area contributed by atoms with Crippen LogP contribution in [0.1, 0.15) is 12.5 Å². The molecule has 0 saturated heterocycles. The number of nitrogens with zero attached hydrogens (tertiary/aromatic N) is 2. The van der Waals surface area contributed by atoms with E-state index in [0.29, 0.717) is 43.9 Å². The van der Waals surface area contributed by atoms with E-state index < -0.39 is 0 Å². The van der Waals surface area contributed by atoms with Crippen molar-refractivity contribution in [3.05, 3.63) is 54.0 Å². The first kappa shape index (κ1) is 24.9. The van der Waals surface area contributed by atoms with E-state index in [1.54, 1.807) is 32.5 Å². The lowest BCUT2D eigenvalue weighted by Crippen LogP contribution is -2.41. The predicted octanol–water partition coefficient (Wildman–Crippen LogP) is 3.00. The maximum Gasteiger partial charge on any atom is 0.218 e. The summed E-state index contributed by atoms with van der Waals surface area (Å²) in [5.74, 6) is 1.34. The molecule has 29 heavy (non-hydrogen) atoms. The van der Waals surface area contributed by atoms with Crippen LogP contribution < -0.4 is 20.1 Å². The number of methoxy groups -OCH3 is 1. The molecule has 1 aromatic heterocycles. The van der Waals surface area contributed by atoms with Gasteiger partial charge in [0, 0.05) is 38.5 Å². The number of benzene rings is 1. The number of guanidine groups is 1. The van der Waals surface area contributed by atoms with Crippen LogP contribution in [0.5, 0.6) is 11.6 Å². The number of halogens is 2. The van der Waals surface area contributed by atoms with Gasteiger partial charge in [0.05, 0.1) is 13.2 Å². The molecule has 0 bridgehead atoms. The third kappa shape index (κ3) is 9.27.